The average molecular weight is 413 g/mol. The van der Waals surface area contributed by atoms with Gasteiger partial charge in [-0.3, -0.25) is 14.7 Å². The molecular formula is C19H19N5O4S. The molecule has 3 amide bonds. The fourth-order valence-electron chi connectivity index (χ4n) is 2.64. The number of carbonyl (C=O) groups is 2. The van der Waals surface area contributed by atoms with Crippen molar-refractivity contribution in [2.75, 3.05) is 20.0 Å². The molecule has 0 aliphatic rings. The van der Waals surface area contributed by atoms with Gasteiger partial charge in [0.25, 0.3) is 0 Å². The van der Waals surface area contributed by atoms with Crippen LogP contribution in [0.2, 0.25) is 0 Å². The zero-order valence-electron chi connectivity index (χ0n) is 15.8. The molecule has 0 bridgehead atoms. The maximum Gasteiger partial charge on any atom is 0.318 e. The number of nitrogens with zero attached hydrogens (tertiary/aromatic N) is 3. The molecule has 0 aliphatic heterocycles. The number of nitrogens with one attached hydrogen (secondary N) is 1. The second-order valence-corrected chi connectivity index (χ2v) is 6.69. The molecule has 0 saturated heterocycles. The highest BCUT2D eigenvalue weighted by Gasteiger charge is 2.19. The van der Waals surface area contributed by atoms with E-state index in [-0.39, 0.29) is 5.75 Å². The number of rotatable bonds is 7. The van der Waals surface area contributed by atoms with Gasteiger partial charge in [-0.2, -0.15) is 0 Å². The average Bonchev–Trinajstić information content (AvgIpc) is 3.15. The van der Waals surface area contributed by atoms with Gasteiger partial charge in [-0.15, -0.1) is 10.2 Å². The topological polar surface area (TPSA) is 121 Å². The lowest BCUT2D eigenvalue weighted by Crippen LogP contribution is -2.36. The standard InChI is InChI=1S/C19H19N5O4S/c1-27-14-9-8-13(10-15(14)28-2)24-17(12-6-4-3-5-7-12)22-23-19(24)29-11-16(25)21-18(20)26/h3-10H,11H2,1-2H3,(H3,20,21,25,26). The number of primary amides is 1. The van der Waals surface area contributed by atoms with Crippen LogP contribution in [0.1, 0.15) is 0 Å². The minimum absolute atomic E-state index is 0.0524. The van der Waals surface area contributed by atoms with E-state index in [1.165, 1.54) is 0 Å². The molecule has 9 nitrogen and oxygen atoms in total. The molecular weight excluding hydrogens is 394 g/mol. The van der Waals surface area contributed by atoms with E-state index in [1.54, 1.807) is 30.9 Å². The SMILES string of the molecule is COc1ccc(-n2c(SCC(=O)NC(N)=O)nnc2-c2ccccc2)cc1OC. The Balaban J connectivity index is 2.03. The predicted molar refractivity (Wildman–Crippen MR) is 108 cm³/mol. The van der Waals surface area contributed by atoms with Crippen LogP contribution in [0.3, 0.4) is 0 Å². The molecule has 2 aromatic carbocycles. The number of hydrogen-bond donors (Lipinski definition) is 2. The monoisotopic (exact) mass is 413 g/mol. The second kappa shape index (κ2) is 9.11. The Morgan fingerprint density at radius 2 is 1.79 bits per heavy atom. The Hall–Kier alpha value is -3.53. The maximum atomic E-state index is 11.8. The van der Waals surface area contributed by atoms with Crippen LogP contribution in [-0.4, -0.2) is 46.7 Å². The van der Waals surface area contributed by atoms with E-state index in [4.69, 9.17) is 15.2 Å². The Bertz CT molecular complexity index is 1020. The summed E-state index contributed by atoms with van der Waals surface area (Å²) < 4.78 is 12.5. The van der Waals surface area contributed by atoms with Crippen molar-refractivity contribution in [3.63, 3.8) is 0 Å². The van der Waals surface area contributed by atoms with Crippen molar-refractivity contribution in [1.82, 2.24) is 20.1 Å². The first-order valence-corrected chi connectivity index (χ1v) is 9.47. The lowest BCUT2D eigenvalue weighted by atomic mass is 10.2. The third-order valence-corrected chi connectivity index (χ3v) is 4.81. The lowest BCUT2D eigenvalue weighted by molar-refractivity contribution is -0.117. The van der Waals surface area contributed by atoms with Gasteiger partial charge in [-0.25, -0.2) is 4.79 Å². The molecule has 3 N–H and O–H groups in total. The molecule has 1 heterocycles. The van der Waals surface area contributed by atoms with E-state index in [1.807, 2.05) is 41.7 Å². The van der Waals surface area contributed by atoms with Crippen LogP contribution in [0.4, 0.5) is 4.79 Å². The number of urea groups is 1. The summed E-state index contributed by atoms with van der Waals surface area (Å²) in [5.74, 6) is 1.14. The van der Waals surface area contributed by atoms with E-state index in [0.29, 0.717) is 22.5 Å². The third-order valence-electron chi connectivity index (χ3n) is 3.89. The van der Waals surface area contributed by atoms with Crippen molar-refractivity contribution >= 4 is 23.7 Å². The molecule has 0 unspecified atom stereocenters. The summed E-state index contributed by atoms with van der Waals surface area (Å²) in [6.07, 6.45) is 0. The first-order chi connectivity index (χ1) is 14.0. The highest BCUT2D eigenvalue weighted by atomic mass is 32.2. The number of hydrogen-bond acceptors (Lipinski definition) is 7. The molecule has 10 heteroatoms. The van der Waals surface area contributed by atoms with E-state index >= 15 is 0 Å². The number of imide groups is 1. The number of aromatic nitrogens is 3. The number of amides is 3. The largest absolute Gasteiger partial charge is 0.493 e. The summed E-state index contributed by atoms with van der Waals surface area (Å²) in [5, 5.41) is 11.0. The van der Waals surface area contributed by atoms with Gasteiger partial charge in [0.2, 0.25) is 5.91 Å². The van der Waals surface area contributed by atoms with Crippen molar-refractivity contribution in [2.24, 2.45) is 5.73 Å². The Labute approximate surface area is 171 Å². The van der Waals surface area contributed by atoms with Crippen molar-refractivity contribution < 1.29 is 19.1 Å². The van der Waals surface area contributed by atoms with E-state index in [9.17, 15) is 9.59 Å². The number of ether oxygens (including phenoxy) is 2. The molecule has 0 fully saturated rings. The quantitative estimate of drug-likeness (QED) is 0.570. The number of thioether (sulfide) groups is 1. The van der Waals surface area contributed by atoms with Gasteiger partial charge < -0.3 is 15.2 Å². The van der Waals surface area contributed by atoms with Crippen LogP contribution >= 0.6 is 11.8 Å². The van der Waals surface area contributed by atoms with Gasteiger partial charge in [0, 0.05) is 11.6 Å². The van der Waals surface area contributed by atoms with Gasteiger partial charge in [-0.05, 0) is 12.1 Å². The molecule has 150 valence electrons. The summed E-state index contributed by atoms with van der Waals surface area (Å²) in [6, 6.07) is 14.0. The van der Waals surface area contributed by atoms with Crippen LogP contribution < -0.4 is 20.5 Å². The summed E-state index contributed by atoms with van der Waals surface area (Å²) in [6.45, 7) is 0. The lowest BCUT2D eigenvalue weighted by Gasteiger charge is -2.13. The third kappa shape index (κ3) is 4.66. The van der Waals surface area contributed by atoms with E-state index < -0.39 is 11.9 Å². The minimum Gasteiger partial charge on any atom is -0.493 e. The molecule has 0 atom stereocenters. The second-order valence-electron chi connectivity index (χ2n) is 5.75. The highest BCUT2D eigenvalue weighted by molar-refractivity contribution is 7.99. The van der Waals surface area contributed by atoms with E-state index in [0.717, 1.165) is 23.0 Å². The smallest absolute Gasteiger partial charge is 0.318 e. The molecule has 3 rings (SSSR count). The van der Waals surface area contributed by atoms with Crippen molar-refractivity contribution in [2.45, 2.75) is 5.16 Å². The zero-order valence-corrected chi connectivity index (χ0v) is 16.6. The molecule has 0 saturated carbocycles. The van der Waals surface area contributed by atoms with Crippen LogP contribution in [0.15, 0.2) is 53.7 Å². The summed E-state index contributed by atoms with van der Waals surface area (Å²) in [4.78, 5) is 22.7. The van der Waals surface area contributed by atoms with Crippen molar-refractivity contribution in [1.29, 1.82) is 0 Å². The van der Waals surface area contributed by atoms with Crippen molar-refractivity contribution in [3.8, 4) is 28.6 Å². The fraction of sp³-hybridized carbons (Fsp3) is 0.158. The summed E-state index contributed by atoms with van der Waals surface area (Å²) >= 11 is 1.13. The Morgan fingerprint density at radius 3 is 2.45 bits per heavy atom. The summed E-state index contributed by atoms with van der Waals surface area (Å²) in [7, 11) is 3.11. The number of methoxy groups -OCH3 is 2. The molecule has 3 aromatic rings. The number of carbonyl (C=O) groups excluding carboxylic acids is 2. The first kappa shape index (κ1) is 20.2. The zero-order chi connectivity index (χ0) is 20.8. The molecule has 0 aliphatic carbocycles. The Kier molecular flexibility index (Phi) is 6.35. The van der Waals surface area contributed by atoms with Crippen LogP contribution in [0.25, 0.3) is 17.1 Å². The van der Waals surface area contributed by atoms with Gasteiger partial charge in [0.1, 0.15) is 0 Å². The molecule has 29 heavy (non-hydrogen) atoms. The first-order valence-electron chi connectivity index (χ1n) is 8.48. The van der Waals surface area contributed by atoms with Gasteiger partial charge in [0.15, 0.2) is 22.5 Å². The molecule has 1 aromatic heterocycles. The summed E-state index contributed by atoms with van der Waals surface area (Å²) in [5.41, 5.74) is 6.56. The number of benzene rings is 2. The maximum absolute atomic E-state index is 11.8. The molecule has 0 spiro atoms. The highest BCUT2D eigenvalue weighted by Crippen LogP contribution is 2.33. The normalized spacial score (nSPS) is 10.4. The van der Waals surface area contributed by atoms with Crippen molar-refractivity contribution in [3.05, 3.63) is 48.5 Å². The van der Waals surface area contributed by atoms with Gasteiger partial charge >= 0.3 is 6.03 Å². The molecule has 0 radical (unpaired) electrons. The predicted octanol–water partition coefficient (Wildman–Crippen LogP) is 2.24. The van der Waals surface area contributed by atoms with Crippen LogP contribution in [0, 0.1) is 0 Å². The number of nitrogens with two attached hydrogens (primary N) is 1. The van der Waals surface area contributed by atoms with Gasteiger partial charge in [-0.1, -0.05) is 42.1 Å². The van der Waals surface area contributed by atoms with Gasteiger partial charge in [0.05, 0.1) is 25.7 Å². The Morgan fingerprint density at radius 1 is 1.07 bits per heavy atom. The van der Waals surface area contributed by atoms with Crippen LogP contribution in [0.5, 0.6) is 11.5 Å². The minimum atomic E-state index is -0.901. The fourth-order valence-corrected chi connectivity index (χ4v) is 3.39. The van der Waals surface area contributed by atoms with Crippen LogP contribution in [-0.2, 0) is 4.79 Å². The van der Waals surface area contributed by atoms with E-state index in [2.05, 4.69) is 10.2 Å².